The molecule has 0 spiro atoms. The van der Waals surface area contributed by atoms with E-state index >= 15 is 0 Å². The minimum atomic E-state index is -4.13. The molecule has 3 N–H and O–H groups in total. The third kappa shape index (κ3) is 2.56. The van der Waals surface area contributed by atoms with Crippen LogP contribution in [0.1, 0.15) is 13.3 Å². The summed E-state index contributed by atoms with van der Waals surface area (Å²) >= 11 is 0. The summed E-state index contributed by atoms with van der Waals surface area (Å²) in [6.07, 6.45) is 0.254. The van der Waals surface area contributed by atoms with Crippen LogP contribution in [0.5, 0.6) is 0 Å². The molecule has 1 aromatic rings. The molecule has 0 aromatic heterocycles. The number of sulfonamides is 1. The molecule has 19 heavy (non-hydrogen) atoms. The highest BCUT2D eigenvalue weighted by atomic mass is 32.2. The molecular formula is C11H14F2N2O3S. The van der Waals surface area contributed by atoms with Crippen LogP contribution in [-0.2, 0) is 10.0 Å². The molecule has 1 atom stereocenters. The number of β-amino-alcohol motifs (C(OH)–C–C–N with tert-alkyl or cyclic N) is 1. The van der Waals surface area contributed by atoms with Crippen LogP contribution >= 0.6 is 0 Å². The molecule has 2 rings (SSSR count). The van der Waals surface area contributed by atoms with Crippen molar-refractivity contribution in [3.8, 4) is 0 Å². The molecule has 8 heteroatoms. The molecule has 1 heterocycles. The lowest BCUT2D eigenvalue weighted by atomic mass is 10.1. The van der Waals surface area contributed by atoms with Crippen molar-refractivity contribution >= 4 is 15.7 Å². The minimum absolute atomic E-state index is 0.0755. The van der Waals surface area contributed by atoms with Crippen LogP contribution < -0.4 is 5.73 Å². The highest BCUT2D eigenvalue weighted by Crippen LogP contribution is 2.29. The van der Waals surface area contributed by atoms with E-state index < -0.39 is 37.8 Å². The number of nitrogens with two attached hydrogens (primary N) is 1. The van der Waals surface area contributed by atoms with Gasteiger partial charge >= 0.3 is 0 Å². The largest absolute Gasteiger partial charge is 0.396 e. The predicted octanol–water partition coefficient (Wildman–Crippen LogP) is 0.692. The normalized spacial score (nSPS) is 24.8. The second kappa shape index (κ2) is 4.39. The zero-order chi connectivity index (χ0) is 14.4. The molecule has 1 aliphatic heterocycles. The molecule has 106 valence electrons. The molecule has 1 fully saturated rings. The van der Waals surface area contributed by atoms with E-state index in [1.165, 1.54) is 6.92 Å². The molecule has 0 bridgehead atoms. The Labute approximate surface area is 109 Å². The highest BCUT2D eigenvalue weighted by Gasteiger charge is 2.39. The standard InChI is InChI=1S/C11H14F2N2O3S/c1-11(16)2-3-15(6-11)19(17,18)10-5-9(14)7(12)4-8(10)13/h4-5,16H,2-3,6,14H2,1H3. The Morgan fingerprint density at radius 2 is 2.00 bits per heavy atom. The van der Waals surface area contributed by atoms with Crippen molar-refractivity contribution in [1.82, 2.24) is 4.31 Å². The van der Waals surface area contributed by atoms with E-state index in [0.29, 0.717) is 6.07 Å². The molecule has 5 nitrogen and oxygen atoms in total. The van der Waals surface area contributed by atoms with E-state index in [1.807, 2.05) is 0 Å². The smallest absolute Gasteiger partial charge is 0.246 e. The first-order valence-corrected chi connectivity index (χ1v) is 7.04. The number of halogens is 2. The fraction of sp³-hybridized carbons (Fsp3) is 0.455. The lowest BCUT2D eigenvalue weighted by molar-refractivity contribution is 0.0762. The first-order valence-electron chi connectivity index (χ1n) is 5.60. The topological polar surface area (TPSA) is 83.6 Å². The summed E-state index contributed by atoms with van der Waals surface area (Å²) in [5.41, 5.74) is 3.68. The molecule has 0 radical (unpaired) electrons. The van der Waals surface area contributed by atoms with Crippen molar-refractivity contribution in [3.63, 3.8) is 0 Å². The number of aliphatic hydroxyl groups is 1. The maximum atomic E-state index is 13.6. The Balaban J connectivity index is 2.44. The summed E-state index contributed by atoms with van der Waals surface area (Å²) in [7, 11) is -4.13. The number of benzene rings is 1. The van der Waals surface area contributed by atoms with Crippen LogP contribution in [-0.4, -0.2) is 36.5 Å². The van der Waals surface area contributed by atoms with Crippen LogP contribution in [0.2, 0.25) is 0 Å². The zero-order valence-electron chi connectivity index (χ0n) is 10.2. The van der Waals surface area contributed by atoms with E-state index in [-0.39, 0.29) is 19.5 Å². The molecule has 0 amide bonds. The average molecular weight is 292 g/mol. The van der Waals surface area contributed by atoms with E-state index in [9.17, 15) is 22.3 Å². The Bertz CT molecular complexity index is 617. The lowest BCUT2D eigenvalue weighted by Crippen LogP contribution is -2.34. The SMILES string of the molecule is CC1(O)CCN(S(=O)(=O)c2cc(N)c(F)cc2F)C1. The van der Waals surface area contributed by atoms with Crippen LogP contribution in [0.4, 0.5) is 14.5 Å². The van der Waals surface area contributed by atoms with Gasteiger partial charge in [0, 0.05) is 19.2 Å². The minimum Gasteiger partial charge on any atom is -0.396 e. The van der Waals surface area contributed by atoms with Gasteiger partial charge in [-0.15, -0.1) is 0 Å². The van der Waals surface area contributed by atoms with Gasteiger partial charge in [-0.2, -0.15) is 4.31 Å². The fourth-order valence-electron chi connectivity index (χ4n) is 1.99. The molecule has 1 unspecified atom stereocenters. The second-order valence-electron chi connectivity index (χ2n) is 4.89. The number of nitrogens with zero attached hydrogens (tertiary/aromatic N) is 1. The van der Waals surface area contributed by atoms with Gasteiger partial charge in [0.15, 0.2) is 0 Å². The summed E-state index contributed by atoms with van der Waals surface area (Å²) in [6, 6.07) is 1.20. The Morgan fingerprint density at radius 1 is 1.37 bits per heavy atom. The fourth-order valence-corrected chi connectivity index (χ4v) is 3.63. The Morgan fingerprint density at radius 3 is 2.53 bits per heavy atom. The molecular weight excluding hydrogens is 278 g/mol. The number of rotatable bonds is 2. The van der Waals surface area contributed by atoms with Crippen LogP contribution in [0.25, 0.3) is 0 Å². The number of anilines is 1. The monoisotopic (exact) mass is 292 g/mol. The van der Waals surface area contributed by atoms with Crippen molar-refractivity contribution in [2.75, 3.05) is 18.8 Å². The highest BCUT2D eigenvalue weighted by molar-refractivity contribution is 7.89. The Kier molecular flexibility index (Phi) is 3.28. The van der Waals surface area contributed by atoms with Crippen molar-refractivity contribution in [3.05, 3.63) is 23.8 Å². The number of hydrogen-bond donors (Lipinski definition) is 2. The predicted molar refractivity (Wildman–Crippen MR) is 64.8 cm³/mol. The van der Waals surface area contributed by atoms with Gasteiger partial charge in [-0.05, 0) is 19.4 Å². The van der Waals surface area contributed by atoms with E-state index in [1.54, 1.807) is 0 Å². The summed E-state index contributed by atoms with van der Waals surface area (Å²) in [5, 5.41) is 9.76. The average Bonchev–Trinajstić information content (AvgIpc) is 2.64. The van der Waals surface area contributed by atoms with E-state index in [0.717, 1.165) is 10.4 Å². The van der Waals surface area contributed by atoms with Gasteiger partial charge in [0.2, 0.25) is 10.0 Å². The van der Waals surface area contributed by atoms with E-state index in [4.69, 9.17) is 5.73 Å². The number of nitrogen functional groups attached to an aromatic ring is 1. The van der Waals surface area contributed by atoms with Crippen molar-refractivity contribution in [2.24, 2.45) is 0 Å². The molecule has 0 aliphatic carbocycles. The van der Waals surface area contributed by atoms with Crippen LogP contribution in [0.3, 0.4) is 0 Å². The van der Waals surface area contributed by atoms with Crippen molar-refractivity contribution in [2.45, 2.75) is 23.8 Å². The summed E-state index contributed by atoms with van der Waals surface area (Å²) in [6.45, 7) is 1.44. The van der Waals surface area contributed by atoms with Crippen LogP contribution in [0.15, 0.2) is 17.0 Å². The zero-order valence-corrected chi connectivity index (χ0v) is 11.0. The summed E-state index contributed by atoms with van der Waals surface area (Å²) in [5.74, 6) is -2.21. The van der Waals surface area contributed by atoms with Gasteiger partial charge in [-0.1, -0.05) is 0 Å². The van der Waals surface area contributed by atoms with Gasteiger partial charge in [0.25, 0.3) is 0 Å². The van der Waals surface area contributed by atoms with Gasteiger partial charge in [0.1, 0.15) is 16.5 Å². The third-order valence-electron chi connectivity index (χ3n) is 3.09. The maximum Gasteiger partial charge on any atom is 0.246 e. The van der Waals surface area contributed by atoms with Crippen molar-refractivity contribution < 1.29 is 22.3 Å². The Hall–Kier alpha value is -1.25. The van der Waals surface area contributed by atoms with Gasteiger partial charge in [-0.25, -0.2) is 17.2 Å². The molecule has 1 aromatic carbocycles. The van der Waals surface area contributed by atoms with Crippen molar-refractivity contribution in [1.29, 1.82) is 0 Å². The summed E-state index contributed by atoms with van der Waals surface area (Å²) in [4.78, 5) is -0.677. The van der Waals surface area contributed by atoms with Crippen LogP contribution in [0, 0.1) is 11.6 Å². The summed E-state index contributed by atoms with van der Waals surface area (Å²) < 4.78 is 52.0. The molecule has 0 saturated carbocycles. The van der Waals surface area contributed by atoms with E-state index in [2.05, 4.69) is 0 Å². The quantitative estimate of drug-likeness (QED) is 0.786. The second-order valence-corrected chi connectivity index (χ2v) is 6.80. The number of hydrogen-bond acceptors (Lipinski definition) is 4. The first kappa shape index (κ1) is 14.2. The molecule has 1 saturated heterocycles. The maximum absolute atomic E-state index is 13.6. The van der Waals surface area contributed by atoms with Gasteiger partial charge in [0.05, 0.1) is 11.3 Å². The van der Waals surface area contributed by atoms with Gasteiger partial charge in [-0.3, -0.25) is 0 Å². The third-order valence-corrected chi connectivity index (χ3v) is 4.95. The lowest BCUT2D eigenvalue weighted by Gasteiger charge is -2.19. The van der Waals surface area contributed by atoms with Gasteiger partial charge < -0.3 is 10.8 Å². The molecule has 1 aliphatic rings. The first-order chi connectivity index (χ1) is 8.63.